The van der Waals surface area contributed by atoms with Crippen molar-refractivity contribution in [3.05, 3.63) is 22.4 Å². The molecule has 0 saturated carbocycles. The highest BCUT2D eigenvalue weighted by molar-refractivity contribution is 7.07. The summed E-state index contributed by atoms with van der Waals surface area (Å²) < 4.78 is 0. The zero-order valence-electron chi connectivity index (χ0n) is 15.6. The molecule has 0 amide bonds. The maximum atomic E-state index is 4.80. The molecule has 1 aliphatic rings. The van der Waals surface area contributed by atoms with Crippen LogP contribution in [0.1, 0.15) is 32.3 Å². The molecule has 0 bridgehead atoms. The van der Waals surface area contributed by atoms with E-state index >= 15 is 0 Å². The van der Waals surface area contributed by atoms with Gasteiger partial charge in [0.05, 0.1) is 6.54 Å². The minimum atomic E-state index is 0.489. The van der Waals surface area contributed by atoms with E-state index in [4.69, 9.17) is 4.99 Å². The molecule has 1 aromatic rings. The monoisotopic (exact) mass is 351 g/mol. The van der Waals surface area contributed by atoms with Gasteiger partial charge in [-0.3, -0.25) is 9.89 Å². The molecule has 5 nitrogen and oxygen atoms in total. The Bertz CT molecular complexity index is 480. The Morgan fingerprint density at radius 1 is 1.25 bits per heavy atom. The van der Waals surface area contributed by atoms with Gasteiger partial charge in [0.15, 0.2) is 5.96 Å². The lowest BCUT2D eigenvalue weighted by Crippen LogP contribution is -2.49. The summed E-state index contributed by atoms with van der Waals surface area (Å²) in [7, 11) is 2.20. The second-order valence-corrected chi connectivity index (χ2v) is 7.53. The molecule has 1 saturated heterocycles. The number of nitrogens with zero attached hydrogens (tertiary/aromatic N) is 3. The van der Waals surface area contributed by atoms with Gasteiger partial charge in [0, 0.05) is 45.3 Å². The van der Waals surface area contributed by atoms with Gasteiger partial charge in [-0.05, 0) is 49.2 Å². The molecular formula is C18H33N5S. The topological polar surface area (TPSA) is 42.9 Å². The summed E-state index contributed by atoms with van der Waals surface area (Å²) in [5.41, 5.74) is 1.40. The fourth-order valence-corrected chi connectivity index (χ4v) is 3.65. The van der Waals surface area contributed by atoms with Gasteiger partial charge < -0.3 is 15.5 Å². The number of piperazine rings is 1. The number of rotatable bonds is 7. The van der Waals surface area contributed by atoms with E-state index in [0.717, 1.165) is 51.8 Å². The molecule has 0 aromatic carbocycles. The third kappa shape index (κ3) is 6.07. The Kier molecular flexibility index (Phi) is 8.02. The molecular weight excluding hydrogens is 318 g/mol. The van der Waals surface area contributed by atoms with Crippen LogP contribution in [-0.2, 0) is 0 Å². The number of aliphatic imine (C=N–C) groups is 1. The van der Waals surface area contributed by atoms with Crippen molar-refractivity contribution >= 4 is 17.3 Å². The highest BCUT2D eigenvalue weighted by Gasteiger charge is 2.18. The van der Waals surface area contributed by atoms with Crippen LogP contribution in [0.2, 0.25) is 0 Å². The van der Waals surface area contributed by atoms with Crippen LogP contribution in [0.4, 0.5) is 0 Å². The van der Waals surface area contributed by atoms with Crippen molar-refractivity contribution in [2.75, 3.05) is 52.9 Å². The molecule has 2 N–H and O–H groups in total. The molecule has 6 heteroatoms. The SMILES string of the molecule is CCNC(=NCC(C)N1CCN(C)CC1)NCC(C)c1ccsc1. The normalized spacial score (nSPS) is 19.9. The summed E-state index contributed by atoms with van der Waals surface area (Å²) >= 11 is 1.76. The predicted molar refractivity (Wildman–Crippen MR) is 105 cm³/mol. The lowest BCUT2D eigenvalue weighted by Gasteiger charge is -2.35. The van der Waals surface area contributed by atoms with Gasteiger partial charge in [0.25, 0.3) is 0 Å². The average Bonchev–Trinajstić information content (AvgIpc) is 3.12. The first-order chi connectivity index (χ1) is 11.6. The molecule has 2 rings (SSSR count). The Hall–Kier alpha value is -1.11. The zero-order chi connectivity index (χ0) is 17.4. The number of hydrogen-bond donors (Lipinski definition) is 2. The van der Waals surface area contributed by atoms with Crippen molar-refractivity contribution in [2.24, 2.45) is 4.99 Å². The summed E-state index contributed by atoms with van der Waals surface area (Å²) in [5.74, 6) is 1.43. The Labute approximate surface area is 151 Å². The van der Waals surface area contributed by atoms with Crippen LogP contribution in [0.25, 0.3) is 0 Å². The second kappa shape index (κ2) is 10.0. The number of hydrogen-bond acceptors (Lipinski definition) is 4. The van der Waals surface area contributed by atoms with Crippen LogP contribution in [0.15, 0.2) is 21.8 Å². The van der Waals surface area contributed by atoms with Crippen LogP contribution in [0.5, 0.6) is 0 Å². The molecule has 1 aromatic heterocycles. The number of guanidine groups is 1. The molecule has 2 unspecified atom stereocenters. The van der Waals surface area contributed by atoms with Crippen LogP contribution >= 0.6 is 11.3 Å². The van der Waals surface area contributed by atoms with Gasteiger partial charge in [-0.25, -0.2) is 0 Å². The quantitative estimate of drug-likeness (QED) is 0.583. The molecule has 0 radical (unpaired) electrons. The largest absolute Gasteiger partial charge is 0.357 e. The highest BCUT2D eigenvalue weighted by atomic mass is 32.1. The van der Waals surface area contributed by atoms with Gasteiger partial charge in [-0.1, -0.05) is 6.92 Å². The van der Waals surface area contributed by atoms with Crippen molar-refractivity contribution in [2.45, 2.75) is 32.7 Å². The molecule has 24 heavy (non-hydrogen) atoms. The molecule has 1 fully saturated rings. The molecule has 0 aliphatic carbocycles. The van der Waals surface area contributed by atoms with E-state index in [1.165, 1.54) is 5.56 Å². The van der Waals surface area contributed by atoms with E-state index in [1.54, 1.807) is 11.3 Å². The zero-order valence-corrected chi connectivity index (χ0v) is 16.4. The van der Waals surface area contributed by atoms with Crippen LogP contribution in [-0.4, -0.2) is 74.7 Å². The maximum Gasteiger partial charge on any atom is 0.191 e. The molecule has 136 valence electrons. The first kappa shape index (κ1) is 19.2. The van der Waals surface area contributed by atoms with Crippen LogP contribution in [0.3, 0.4) is 0 Å². The fourth-order valence-electron chi connectivity index (χ4n) is 2.87. The van der Waals surface area contributed by atoms with E-state index in [-0.39, 0.29) is 0 Å². The standard InChI is InChI=1S/C18H33N5S/c1-5-19-18(20-12-15(2)17-6-11-24-14-17)21-13-16(3)23-9-7-22(4)8-10-23/h6,11,14-16H,5,7-10,12-13H2,1-4H3,(H2,19,20,21). The smallest absolute Gasteiger partial charge is 0.191 e. The predicted octanol–water partition coefficient (Wildman–Crippen LogP) is 2.04. The molecule has 2 atom stereocenters. The van der Waals surface area contributed by atoms with E-state index in [1.807, 2.05) is 0 Å². The van der Waals surface area contributed by atoms with Crippen molar-refractivity contribution in [3.8, 4) is 0 Å². The van der Waals surface area contributed by atoms with Crippen molar-refractivity contribution in [3.63, 3.8) is 0 Å². The van der Waals surface area contributed by atoms with E-state index in [0.29, 0.717) is 12.0 Å². The maximum absolute atomic E-state index is 4.80. The number of likely N-dealkylation sites (N-methyl/N-ethyl adjacent to an activating group) is 1. The van der Waals surface area contributed by atoms with E-state index in [2.05, 4.69) is 65.1 Å². The third-order valence-electron chi connectivity index (χ3n) is 4.71. The minimum Gasteiger partial charge on any atom is -0.357 e. The van der Waals surface area contributed by atoms with E-state index in [9.17, 15) is 0 Å². The fraction of sp³-hybridized carbons (Fsp3) is 0.722. The van der Waals surface area contributed by atoms with Gasteiger partial charge >= 0.3 is 0 Å². The van der Waals surface area contributed by atoms with Gasteiger partial charge in [0.1, 0.15) is 0 Å². The summed E-state index contributed by atoms with van der Waals surface area (Å²) in [6.45, 7) is 13.9. The van der Waals surface area contributed by atoms with Crippen LogP contribution in [0, 0.1) is 0 Å². The Morgan fingerprint density at radius 3 is 2.62 bits per heavy atom. The Morgan fingerprint density at radius 2 is 2.00 bits per heavy atom. The first-order valence-electron chi connectivity index (χ1n) is 9.07. The summed E-state index contributed by atoms with van der Waals surface area (Å²) in [6.07, 6.45) is 0. The average molecular weight is 352 g/mol. The summed E-state index contributed by atoms with van der Waals surface area (Å²) in [5, 5.41) is 11.2. The van der Waals surface area contributed by atoms with E-state index < -0.39 is 0 Å². The second-order valence-electron chi connectivity index (χ2n) is 6.75. The van der Waals surface area contributed by atoms with Gasteiger partial charge in [-0.2, -0.15) is 11.3 Å². The highest BCUT2D eigenvalue weighted by Crippen LogP contribution is 2.17. The van der Waals surface area contributed by atoms with Crippen LogP contribution < -0.4 is 10.6 Å². The minimum absolute atomic E-state index is 0.489. The Balaban J connectivity index is 1.81. The summed E-state index contributed by atoms with van der Waals surface area (Å²) in [4.78, 5) is 9.74. The molecule has 0 spiro atoms. The number of nitrogens with one attached hydrogen (secondary N) is 2. The third-order valence-corrected chi connectivity index (χ3v) is 5.41. The van der Waals surface area contributed by atoms with Crippen molar-refractivity contribution < 1.29 is 0 Å². The molecule has 1 aliphatic heterocycles. The molecule has 2 heterocycles. The lowest BCUT2D eigenvalue weighted by atomic mass is 10.1. The first-order valence-corrected chi connectivity index (χ1v) is 10.0. The number of thiophene rings is 1. The lowest BCUT2D eigenvalue weighted by molar-refractivity contribution is 0.122. The van der Waals surface area contributed by atoms with Gasteiger partial charge in [-0.15, -0.1) is 0 Å². The van der Waals surface area contributed by atoms with Crippen molar-refractivity contribution in [1.82, 2.24) is 20.4 Å². The summed E-state index contributed by atoms with van der Waals surface area (Å²) in [6, 6.07) is 2.69. The van der Waals surface area contributed by atoms with Crippen molar-refractivity contribution in [1.29, 1.82) is 0 Å². The van der Waals surface area contributed by atoms with Gasteiger partial charge in [0.2, 0.25) is 0 Å².